The van der Waals surface area contributed by atoms with Gasteiger partial charge < -0.3 is 19.6 Å². The zero-order valence-electron chi connectivity index (χ0n) is 17.1. The van der Waals surface area contributed by atoms with E-state index >= 15 is 0 Å². The van der Waals surface area contributed by atoms with E-state index in [1.165, 1.54) is 0 Å². The normalized spacial score (nSPS) is 23.1. The van der Waals surface area contributed by atoms with Crippen molar-refractivity contribution in [1.82, 2.24) is 9.80 Å². The van der Waals surface area contributed by atoms with E-state index < -0.39 is 0 Å². The van der Waals surface area contributed by atoms with Gasteiger partial charge in [-0.25, -0.2) is 0 Å². The van der Waals surface area contributed by atoms with E-state index in [4.69, 9.17) is 4.74 Å². The molecule has 1 atom stereocenters. The number of likely N-dealkylation sites (tertiary alicyclic amines) is 2. The molecule has 0 bridgehead atoms. The summed E-state index contributed by atoms with van der Waals surface area (Å²) in [6.45, 7) is 2.43. The Morgan fingerprint density at radius 1 is 0.966 bits per heavy atom. The third kappa shape index (κ3) is 4.92. The number of rotatable bonds is 6. The summed E-state index contributed by atoms with van der Waals surface area (Å²) in [6.07, 6.45) is 7.70. The van der Waals surface area contributed by atoms with E-state index in [0.717, 1.165) is 70.3 Å². The molecule has 158 valence electrons. The lowest BCUT2D eigenvalue weighted by atomic mass is 9.98. The van der Waals surface area contributed by atoms with Gasteiger partial charge >= 0.3 is 0 Å². The average molecular weight is 401 g/mol. The van der Waals surface area contributed by atoms with Crippen molar-refractivity contribution in [2.24, 2.45) is 5.92 Å². The van der Waals surface area contributed by atoms with Crippen molar-refractivity contribution in [3.8, 4) is 5.75 Å². The Labute approximate surface area is 172 Å². The van der Waals surface area contributed by atoms with Gasteiger partial charge in [0.2, 0.25) is 5.91 Å². The van der Waals surface area contributed by atoms with Crippen LogP contribution in [0, 0.1) is 5.92 Å². The van der Waals surface area contributed by atoms with Crippen LogP contribution in [0.3, 0.4) is 0 Å². The second kappa shape index (κ2) is 9.16. The smallest absolute Gasteiger partial charge is 0.254 e. The van der Waals surface area contributed by atoms with Gasteiger partial charge in [-0.15, -0.1) is 0 Å². The molecule has 1 aromatic rings. The molecule has 6 nitrogen and oxygen atoms in total. The molecule has 2 heterocycles. The van der Waals surface area contributed by atoms with Crippen LogP contribution in [-0.2, 0) is 4.79 Å². The number of aliphatic hydroxyl groups is 1. The third-order valence-electron chi connectivity index (χ3n) is 6.43. The minimum Gasteiger partial charge on any atom is -0.490 e. The molecule has 1 N–H and O–H groups in total. The Balaban J connectivity index is 1.30. The minimum absolute atomic E-state index is 0.0431. The van der Waals surface area contributed by atoms with E-state index in [1.807, 2.05) is 34.1 Å². The van der Waals surface area contributed by atoms with Crippen molar-refractivity contribution in [2.75, 3.05) is 26.2 Å². The molecule has 1 saturated carbocycles. The Morgan fingerprint density at radius 2 is 1.69 bits per heavy atom. The van der Waals surface area contributed by atoms with Crippen molar-refractivity contribution in [3.63, 3.8) is 0 Å². The number of hydrogen-bond acceptors (Lipinski definition) is 4. The Hall–Kier alpha value is -2.08. The van der Waals surface area contributed by atoms with Gasteiger partial charge in [-0.2, -0.15) is 0 Å². The van der Waals surface area contributed by atoms with Crippen LogP contribution in [0.2, 0.25) is 0 Å². The van der Waals surface area contributed by atoms with Crippen molar-refractivity contribution in [2.45, 2.75) is 63.5 Å². The predicted octanol–water partition coefficient (Wildman–Crippen LogP) is 2.84. The summed E-state index contributed by atoms with van der Waals surface area (Å²) in [5.74, 6) is 1.43. The summed E-state index contributed by atoms with van der Waals surface area (Å²) < 4.78 is 6.10. The highest BCUT2D eigenvalue weighted by Gasteiger charge is 2.35. The second-order valence-electron chi connectivity index (χ2n) is 8.60. The van der Waals surface area contributed by atoms with E-state index in [-0.39, 0.29) is 30.6 Å². The first-order chi connectivity index (χ1) is 14.2. The number of hydrogen-bond donors (Lipinski definition) is 1. The monoisotopic (exact) mass is 400 g/mol. The topological polar surface area (TPSA) is 70.1 Å². The van der Waals surface area contributed by atoms with Gasteiger partial charge in [0.25, 0.3) is 5.91 Å². The predicted molar refractivity (Wildman–Crippen MR) is 110 cm³/mol. The fourth-order valence-corrected chi connectivity index (χ4v) is 4.53. The fourth-order valence-electron chi connectivity index (χ4n) is 4.53. The van der Waals surface area contributed by atoms with Gasteiger partial charge in [0.15, 0.2) is 0 Å². The van der Waals surface area contributed by atoms with E-state index in [0.29, 0.717) is 17.9 Å². The SMILES string of the molecule is O=C(C1CC1)N1CCC(Oc2ccc(C(=O)N3CCCC[C@H]3CCO)cc2)CC1. The van der Waals surface area contributed by atoms with Crippen molar-refractivity contribution < 1.29 is 19.4 Å². The molecule has 4 rings (SSSR count). The molecule has 2 saturated heterocycles. The van der Waals surface area contributed by atoms with Gasteiger partial charge in [-0.3, -0.25) is 9.59 Å². The summed E-state index contributed by atoms with van der Waals surface area (Å²) in [6, 6.07) is 7.57. The van der Waals surface area contributed by atoms with Crippen molar-refractivity contribution >= 4 is 11.8 Å². The van der Waals surface area contributed by atoms with Crippen LogP contribution >= 0.6 is 0 Å². The lowest BCUT2D eigenvalue weighted by Crippen LogP contribution is -2.44. The Bertz CT molecular complexity index is 706. The first kappa shape index (κ1) is 20.2. The number of ether oxygens (including phenoxy) is 1. The number of aliphatic hydroxyl groups excluding tert-OH is 1. The lowest BCUT2D eigenvalue weighted by Gasteiger charge is -2.35. The molecule has 29 heavy (non-hydrogen) atoms. The maximum absolute atomic E-state index is 12.9. The number of nitrogens with zero attached hydrogens (tertiary/aromatic N) is 2. The standard InChI is InChI=1S/C23H32N2O4/c26-16-12-19-3-1-2-13-25(19)23(28)18-6-8-20(9-7-18)29-21-10-14-24(15-11-21)22(27)17-4-5-17/h6-9,17,19,21,26H,1-5,10-16H2/t19-/m0/s1. The molecule has 0 radical (unpaired) electrons. The van der Waals surface area contributed by atoms with Crippen molar-refractivity contribution in [1.29, 1.82) is 0 Å². The first-order valence-electron chi connectivity index (χ1n) is 11.1. The largest absolute Gasteiger partial charge is 0.490 e. The lowest BCUT2D eigenvalue weighted by molar-refractivity contribution is -0.134. The van der Waals surface area contributed by atoms with E-state index in [9.17, 15) is 14.7 Å². The third-order valence-corrected chi connectivity index (χ3v) is 6.43. The highest BCUT2D eigenvalue weighted by atomic mass is 16.5. The van der Waals surface area contributed by atoms with Crippen molar-refractivity contribution in [3.05, 3.63) is 29.8 Å². The summed E-state index contributed by atoms with van der Waals surface area (Å²) in [7, 11) is 0. The molecule has 0 aromatic heterocycles. The molecular formula is C23H32N2O4. The van der Waals surface area contributed by atoms with Gasteiger partial charge in [-0.05, 0) is 62.8 Å². The summed E-state index contributed by atoms with van der Waals surface area (Å²) >= 11 is 0. The number of carbonyl (C=O) groups excluding carboxylic acids is 2. The van der Waals surface area contributed by atoms with Gasteiger partial charge in [-0.1, -0.05) is 0 Å². The van der Waals surface area contributed by atoms with Crippen LogP contribution in [0.5, 0.6) is 5.75 Å². The van der Waals surface area contributed by atoms with Crippen LogP contribution in [-0.4, -0.2) is 65.1 Å². The van der Waals surface area contributed by atoms with Gasteiger partial charge in [0, 0.05) is 56.6 Å². The summed E-state index contributed by atoms with van der Waals surface area (Å²) in [4.78, 5) is 29.0. The maximum Gasteiger partial charge on any atom is 0.254 e. The Kier molecular flexibility index (Phi) is 6.38. The molecule has 6 heteroatoms. The molecule has 1 aromatic carbocycles. The Morgan fingerprint density at radius 3 is 2.34 bits per heavy atom. The first-order valence-corrected chi connectivity index (χ1v) is 11.1. The van der Waals surface area contributed by atoms with Crippen LogP contribution in [0.15, 0.2) is 24.3 Å². The molecule has 0 spiro atoms. The van der Waals surface area contributed by atoms with Crippen LogP contribution in [0.25, 0.3) is 0 Å². The minimum atomic E-state index is 0.0431. The molecule has 0 unspecified atom stereocenters. The van der Waals surface area contributed by atoms with Crippen LogP contribution < -0.4 is 4.74 Å². The number of amides is 2. The van der Waals surface area contributed by atoms with Gasteiger partial charge in [0.05, 0.1) is 0 Å². The number of carbonyl (C=O) groups is 2. The second-order valence-corrected chi connectivity index (χ2v) is 8.60. The van der Waals surface area contributed by atoms with Crippen LogP contribution in [0.4, 0.5) is 0 Å². The maximum atomic E-state index is 12.9. The molecule has 3 fully saturated rings. The quantitative estimate of drug-likeness (QED) is 0.797. The molecular weight excluding hydrogens is 368 g/mol. The van der Waals surface area contributed by atoms with Crippen LogP contribution in [0.1, 0.15) is 61.7 Å². The molecule has 3 aliphatic rings. The van der Waals surface area contributed by atoms with E-state index in [1.54, 1.807) is 0 Å². The summed E-state index contributed by atoms with van der Waals surface area (Å²) in [5.41, 5.74) is 0.673. The zero-order chi connectivity index (χ0) is 20.2. The number of benzene rings is 1. The van der Waals surface area contributed by atoms with E-state index in [2.05, 4.69) is 0 Å². The highest BCUT2D eigenvalue weighted by molar-refractivity contribution is 5.94. The summed E-state index contributed by atoms with van der Waals surface area (Å²) in [5, 5.41) is 9.28. The fraction of sp³-hybridized carbons (Fsp3) is 0.652. The zero-order valence-corrected chi connectivity index (χ0v) is 17.1. The average Bonchev–Trinajstić information content (AvgIpc) is 3.60. The molecule has 2 aliphatic heterocycles. The molecule has 2 amide bonds. The molecule has 1 aliphatic carbocycles. The highest BCUT2D eigenvalue weighted by Crippen LogP contribution is 2.32. The number of piperidine rings is 2. The van der Waals surface area contributed by atoms with Gasteiger partial charge in [0.1, 0.15) is 11.9 Å².